The van der Waals surface area contributed by atoms with Crippen LogP contribution < -0.4 is 16.0 Å². The Morgan fingerprint density at radius 2 is 2.07 bits per heavy atom. The molecule has 1 saturated carbocycles. The second kappa shape index (κ2) is 8.17. The number of nitrogens with zero attached hydrogens (tertiary/aromatic N) is 4. The third-order valence-electron chi connectivity index (χ3n) is 5.07. The highest BCUT2D eigenvalue weighted by atomic mass is 19.1. The Morgan fingerprint density at radius 3 is 2.73 bits per heavy atom. The van der Waals surface area contributed by atoms with E-state index in [4.69, 9.17) is 11.0 Å². The molecule has 1 aliphatic carbocycles. The van der Waals surface area contributed by atoms with Gasteiger partial charge in [-0.15, -0.1) is 0 Å². The Hall–Kier alpha value is -3.99. The van der Waals surface area contributed by atoms with Crippen molar-refractivity contribution in [3.05, 3.63) is 66.1 Å². The molecule has 0 saturated heterocycles. The Kier molecular flexibility index (Phi) is 5.26. The number of nitrogen functional groups attached to an aromatic ring is 1. The summed E-state index contributed by atoms with van der Waals surface area (Å²) in [7, 11) is 0. The van der Waals surface area contributed by atoms with Gasteiger partial charge in [0.25, 0.3) is 0 Å². The van der Waals surface area contributed by atoms with Gasteiger partial charge in [0.1, 0.15) is 17.7 Å². The van der Waals surface area contributed by atoms with Crippen LogP contribution in [0.3, 0.4) is 0 Å². The van der Waals surface area contributed by atoms with Gasteiger partial charge in [0.15, 0.2) is 5.82 Å². The van der Waals surface area contributed by atoms with E-state index in [0.29, 0.717) is 28.6 Å². The maximum Gasteiger partial charge on any atom is 0.328 e. The van der Waals surface area contributed by atoms with Crippen LogP contribution in [-0.4, -0.2) is 22.0 Å². The first kappa shape index (κ1) is 19.3. The third-order valence-corrected chi connectivity index (χ3v) is 5.07. The van der Waals surface area contributed by atoms with Crippen molar-refractivity contribution in [2.75, 3.05) is 16.0 Å². The van der Waals surface area contributed by atoms with Gasteiger partial charge in [0.05, 0.1) is 16.9 Å². The number of nitrogens with two attached hydrogens (primary N) is 1. The number of nitriles is 1. The highest BCUT2D eigenvalue weighted by molar-refractivity contribution is 6.03. The molecule has 2 amide bonds. The van der Waals surface area contributed by atoms with E-state index in [9.17, 15) is 9.18 Å². The van der Waals surface area contributed by atoms with Crippen LogP contribution in [0.1, 0.15) is 24.8 Å². The maximum absolute atomic E-state index is 13.7. The smallest absolute Gasteiger partial charge is 0.328 e. The number of hydrogen-bond donors (Lipinski definition) is 2. The molecule has 3 N–H and O–H groups in total. The molecular weight excluding hydrogens is 383 g/mol. The third kappa shape index (κ3) is 3.78. The zero-order chi connectivity index (χ0) is 21.1. The van der Waals surface area contributed by atoms with Crippen molar-refractivity contribution in [3.63, 3.8) is 0 Å². The molecule has 0 aliphatic heterocycles. The van der Waals surface area contributed by atoms with E-state index in [1.54, 1.807) is 47.5 Å². The number of pyridine rings is 2. The molecule has 0 unspecified atom stereocenters. The number of carbonyl (C=O) groups excluding carboxylic acids is 1. The van der Waals surface area contributed by atoms with Gasteiger partial charge in [-0.25, -0.2) is 19.2 Å². The van der Waals surface area contributed by atoms with Gasteiger partial charge in [0, 0.05) is 17.8 Å². The van der Waals surface area contributed by atoms with Crippen LogP contribution in [0.5, 0.6) is 0 Å². The van der Waals surface area contributed by atoms with Gasteiger partial charge in [-0.3, -0.25) is 10.2 Å². The number of nitrogens with one attached hydrogen (secondary N) is 1. The standard InChI is InChI=1S/C22H19FN6O/c23-17-8-7-14(12-15(17)13-24)19-10-9-18(25)21(27-19)29(16-4-3-5-16)22(30)28-20-6-1-2-11-26-20/h1-2,6-12,16H,3-5,25H2,(H,26,28,30). The molecule has 0 atom stereocenters. The Balaban J connectivity index is 1.71. The molecule has 2 aromatic heterocycles. The molecule has 150 valence electrons. The maximum atomic E-state index is 13.7. The number of aromatic nitrogens is 2. The van der Waals surface area contributed by atoms with E-state index in [1.807, 2.05) is 6.07 Å². The number of halogens is 1. The average molecular weight is 402 g/mol. The van der Waals surface area contributed by atoms with Crippen molar-refractivity contribution in [2.45, 2.75) is 25.3 Å². The fourth-order valence-electron chi connectivity index (χ4n) is 3.27. The van der Waals surface area contributed by atoms with E-state index in [-0.39, 0.29) is 17.6 Å². The van der Waals surface area contributed by atoms with Crippen molar-refractivity contribution in [1.29, 1.82) is 5.26 Å². The fraction of sp³-hybridized carbons (Fsp3) is 0.182. The number of rotatable bonds is 4. The minimum absolute atomic E-state index is 0.0263. The molecule has 1 fully saturated rings. The van der Waals surface area contributed by atoms with Gasteiger partial charge in [-0.05, 0) is 61.7 Å². The van der Waals surface area contributed by atoms with Crippen molar-refractivity contribution >= 4 is 23.4 Å². The monoisotopic (exact) mass is 402 g/mol. The van der Waals surface area contributed by atoms with E-state index >= 15 is 0 Å². The lowest BCUT2D eigenvalue weighted by atomic mass is 9.91. The number of amides is 2. The van der Waals surface area contributed by atoms with Crippen molar-refractivity contribution in [3.8, 4) is 17.3 Å². The molecule has 8 heteroatoms. The summed E-state index contributed by atoms with van der Waals surface area (Å²) in [6, 6.07) is 14.2. The summed E-state index contributed by atoms with van der Waals surface area (Å²) >= 11 is 0. The van der Waals surface area contributed by atoms with Crippen molar-refractivity contribution in [2.24, 2.45) is 0 Å². The summed E-state index contributed by atoms with van der Waals surface area (Å²) in [4.78, 5) is 23.4. The second-order valence-electron chi connectivity index (χ2n) is 7.02. The molecule has 3 aromatic rings. The summed E-state index contributed by atoms with van der Waals surface area (Å²) in [5.74, 6) is 0.162. The Bertz CT molecular complexity index is 1120. The van der Waals surface area contributed by atoms with E-state index in [1.165, 1.54) is 12.1 Å². The normalized spacial score (nSPS) is 13.2. The number of anilines is 3. The molecular formula is C22H19FN6O. The van der Waals surface area contributed by atoms with Gasteiger partial charge < -0.3 is 5.73 Å². The zero-order valence-electron chi connectivity index (χ0n) is 16.0. The van der Waals surface area contributed by atoms with E-state index in [0.717, 1.165) is 19.3 Å². The van der Waals surface area contributed by atoms with Crippen LogP contribution in [0.2, 0.25) is 0 Å². The quantitative estimate of drug-likeness (QED) is 0.675. The SMILES string of the molecule is N#Cc1cc(-c2ccc(N)c(N(C(=O)Nc3ccccn3)C3CCC3)n2)ccc1F. The lowest BCUT2D eigenvalue weighted by Crippen LogP contribution is -2.47. The zero-order valence-corrected chi connectivity index (χ0v) is 16.0. The van der Waals surface area contributed by atoms with E-state index in [2.05, 4.69) is 15.3 Å². The molecule has 30 heavy (non-hydrogen) atoms. The van der Waals surface area contributed by atoms with Crippen LogP contribution in [0, 0.1) is 17.1 Å². The van der Waals surface area contributed by atoms with Crippen LogP contribution in [0.15, 0.2) is 54.7 Å². The minimum Gasteiger partial charge on any atom is -0.396 e. The van der Waals surface area contributed by atoms with Crippen LogP contribution >= 0.6 is 0 Å². The number of hydrogen-bond acceptors (Lipinski definition) is 5. The van der Waals surface area contributed by atoms with Crippen molar-refractivity contribution < 1.29 is 9.18 Å². The van der Waals surface area contributed by atoms with Crippen LogP contribution in [-0.2, 0) is 0 Å². The minimum atomic E-state index is -0.595. The molecule has 0 bridgehead atoms. The van der Waals surface area contributed by atoms with Crippen LogP contribution in [0.25, 0.3) is 11.3 Å². The molecule has 1 aromatic carbocycles. The first-order valence-corrected chi connectivity index (χ1v) is 9.54. The van der Waals surface area contributed by atoms with Gasteiger partial charge in [0.2, 0.25) is 0 Å². The number of benzene rings is 1. The van der Waals surface area contributed by atoms with Crippen LogP contribution in [0.4, 0.5) is 26.5 Å². The second-order valence-corrected chi connectivity index (χ2v) is 7.02. The number of carbonyl (C=O) groups is 1. The number of urea groups is 1. The lowest BCUT2D eigenvalue weighted by Gasteiger charge is -2.37. The van der Waals surface area contributed by atoms with Gasteiger partial charge in [-0.2, -0.15) is 5.26 Å². The molecule has 0 spiro atoms. The average Bonchev–Trinajstić information content (AvgIpc) is 2.72. The Labute approximate surface area is 173 Å². The molecule has 4 rings (SSSR count). The van der Waals surface area contributed by atoms with Gasteiger partial charge in [-0.1, -0.05) is 6.07 Å². The predicted octanol–water partition coefficient (Wildman–Crippen LogP) is 4.33. The Morgan fingerprint density at radius 1 is 1.23 bits per heavy atom. The van der Waals surface area contributed by atoms with Crippen molar-refractivity contribution in [1.82, 2.24) is 9.97 Å². The largest absolute Gasteiger partial charge is 0.396 e. The highest BCUT2D eigenvalue weighted by Gasteiger charge is 2.32. The van der Waals surface area contributed by atoms with E-state index < -0.39 is 5.82 Å². The predicted molar refractivity (Wildman–Crippen MR) is 112 cm³/mol. The molecule has 1 aliphatic rings. The first-order chi connectivity index (χ1) is 14.6. The fourth-order valence-corrected chi connectivity index (χ4v) is 3.27. The van der Waals surface area contributed by atoms with Gasteiger partial charge >= 0.3 is 6.03 Å². The molecule has 2 heterocycles. The summed E-state index contributed by atoms with van der Waals surface area (Å²) in [5.41, 5.74) is 7.52. The summed E-state index contributed by atoms with van der Waals surface area (Å²) in [5, 5.41) is 11.9. The highest BCUT2D eigenvalue weighted by Crippen LogP contribution is 2.34. The first-order valence-electron chi connectivity index (χ1n) is 9.54. The summed E-state index contributed by atoms with van der Waals surface area (Å²) in [6.07, 6.45) is 4.30. The summed E-state index contributed by atoms with van der Waals surface area (Å²) < 4.78 is 13.7. The topological polar surface area (TPSA) is 108 Å². The lowest BCUT2D eigenvalue weighted by molar-refractivity contribution is 0.249. The molecule has 7 nitrogen and oxygen atoms in total. The summed E-state index contributed by atoms with van der Waals surface area (Å²) in [6.45, 7) is 0. The molecule has 0 radical (unpaired) electrons.